The molecular weight excluding hydrogens is 570 g/mol. The monoisotopic (exact) mass is 621 g/mol. The van der Waals surface area contributed by atoms with E-state index in [1.807, 2.05) is 51.1 Å². The van der Waals surface area contributed by atoms with Gasteiger partial charge in [-0.3, -0.25) is 9.59 Å². The second kappa shape index (κ2) is 22.8. The average molecular weight is 622 g/mol. The van der Waals surface area contributed by atoms with Gasteiger partial charge in [-0.1, -0.05) is 56.1 Å². The van der Waals surface area contributed by atoms with Crippen molar-refractivity contribution in [3.05, 3.63) is 64.2 Å². The molecule has 242 valence electrons. The van der Waals surface area contributed by atoms with Crippen LogP contribution in [-0.4, -0.2) is 62.5 Å². The Morgan fingerprint density at radius 2 is 1.72 bits per heavy atom. The van der Waals surface area contributed by atoms with Gasteiger partial charge in [-0.2, -0.15) is 0 Å². The summed E-state index contributed by atoms with van der Waals surface area (Å²) in [5.41, 5.74) is 9.26. The number of aliphatic hydroxyl groups excluding tert-OH is 1. The molecule has 0 fully saturated rings. The number of amides is 2. The Kier molecular flexibility index (Phi) is 20.3. The maximum absolute atomic E-state index is 12.9. The van der Waals surface area contributed by atoms with E-state index in [1.54, 1.807) is 26.2 Å². The van der Waals surface area contributed by atoms with Crippen molar-refractivity contribution in [2.45, 2.75) is 85.0 Å². The Balaban J connectivity index is 0.00000295. The Bertz CT molecular complexity index is 1050. The summed E-state index contributed by atoms with van der Waals surface area (Å²) in [7, 11) is 1.68. The first-order valence-corrected chi connectivity index (χ1v) is 15.5. The summed E-state index contributed by atoms with van der Waals surface area (Å²) in [5, 5.41) is 14.1. The highest BCUT2D eigenvalue weighted by molar-refractivity contribution is 6.30. The van der Waals surface area contributed by atoms with Gasteiger partial charge in [0.25, 0.3) is 0 Å². The van der Waals surface area contributed by atoms with Crippen molar-refractivity contribution < 1.29 is 28.9 Å². The van der Waals surface area contributed by atoms with Gasteiger partial charge in [0.15, 0.2) is 0 Å². The van der Waals surface area contributed by atoms with Gasteiger partial charge < -0.3 is 35.7 Å². The summed E-state index contributed by atoms with van der Waals surface area (Å²) in [5.74, 6) is 0.505. The molecule has 2 aromatic rings. The number of halogens is 1. The molecule has 0 spiro atoms. The second-order valence-electron chi connectivity index (χ2n) is 10.6. The van der Waals surface area contributed by atoms with Crippen LogP contribution in [0.1, 0.15) is 69.6 Å². The van der Waals surface area contributed by atoms with E-state index in [0.717, 1.165) is 35.3 Å². The summed E-state index contributed by atoms with van der Waals surface area (Å²) >= 11 is 5.93. The molecular formula is C33H52ClN3O6. The van der Waals surface area contributed by atoms with Gasteiger partial charge in [-0.15, -0.1) is 0 Å². The highest BCUT2D eigenvalue weighted by Crippen LogP contribution is 2.20. The van der Waals surface area contributed by atoms with Crippen LogP contribution in [-0.2, 0) is 32.2 Å². The largest absolute Gasteiger partial charge is 0.493 e. The molecule has 0 saturated heterocycles. The number of hydrogen-bond donors (Lipinski definition) is 4. The van der Waals surface area contributed by atoms with Crippen LogP contribution < -0.4 is 21.1 Å². The minimum Gasteiger partial charge on any atom is -0.493 e. The zero-order valence-electron chi connectivity index (χ0n) is 26.5. The van der Waals surface area contributed by atoms with Crippen molar-refractivity contribution >= 4 is 23.4 Å². The molecule has 0 aliphatic carbocycles. The minimum absolute atomic E-state index is 0.00266. The summed E-state index contributed by atoms with van der Waals surface area (Å²) in [4.78, 5) is 25.5. The Morgan fingerprint density at radius 1 is 1.05 bits per heavy atom. The summed E-state index contributed by atoms with van der Waals surface area (Å²) in [6, 6.07) is 12.6. The molecule has 3 atom stereocenters. The van der Waals surface area contributed by atoms with E-state index in [1.165, 1.54) is 0 Å². The molecule has 9 nitrogen and oxygen atoms in total. The van der Waals surface area contributed by atoms with Gasteiger partial charge in [-0.25, -0.2) is 0 Å². The van der Waals surface area contributed by atoms with Gasteiger partial charge in [0.2, 0.25) is 11.8 Å². The van der Waals surface area contributed by atoms with Crippen LogP contribution in [0.5, 0.6) is 5.75 Å². The molecule has 0 heterocycles. The van der Waals surface area contributed by atoms with Crippen LogP contribution in [0.4, 0.5) is 0 Å². The molecule has 3 unspecified atom stereocenters. The fourth-order valence-electron chi connectivity index (χ4n) is 4.06. The molecule has 0 aliphatic rings. The molecule has 0 aliphatic heterocycles. The fourth-order valence-corrected chi connectivity index (χ4v) is 4.19. The minimum atomic E-state index is -0.592. The van der Waals surface area contributed by atoms with E-state index in [2.05, 4.69) is 10.6 Å². The maximum Gasteiger partial charge on any atom is 0.243 e. The molecule has 0 saturated carbocycles. The van der Waals surface area contributed by atoms with Gasteiger partial charge in [-0.05, 0) is 67.5 Å². The lowest BCUT2D eigenvalue weighted by atomic mass is 9.97. The van der Waals surface area contributed by atoms with Gasteiger partial charge in [0.1, 0.15) is 11.8 Å². The number of carbonyl (C=O) groups excluding carboxylic acids is 2. The van der Waals surface area contributed by atoms with E-state index in [-0.39, 0.29) is 30.4 Å². The number of benzene rings is 2. The first-order valence-electron chi connectivity index (χ1n) is 15.1. The zero-order chi connectivity index (χ0) is 32.0. The first-order chi connectivity index (χ1) is 20.6. The molecule has 2 amide bonds. The highest BCUT2D eigenvalue weighted by Gasteiger charge is 2.25. The molecule has 2 aromatic carbocycles. The van der Waals surface area contributed by atoms with Crippen molar-refractivity contribution in [1.29, 1.82) is 0 Å². The molecule has 0 radical (unpaired) electrons. The average Bonchev–Trinajstić information content (AvgIpc) is 2.99. The third-order valence-electron chi connectivity index (χ3n) is 6.77. The summed E-state index contributed by atoms with van der Waals surface area (Å²) < 4.78 is 16.7. The van der Waals surface area contributed by atoms with Crippen LogP contribution in [0, 0.1) is 12.8 Å². The lowest BCUT2D eigenvalue weighted by Gasteiger charge is -2.24. The number of ether oxygens (including phenoxy) is 3. The smallest absolute Gasteiger partial charge is 0.243 e. The van der Waals surface area contributed by atoms with Crippen LogP contribution in [0.25, 0.3) is 0 Å². The van der Waals surface area contributed by atoms with E-state index < -0.39 is 6.04 Å². The van der Waals surface area contributed by atoms with Crippen molar-refractivity contribution in [3.8, 4) is 5.75 Å². The summed E-state index contributed by atoms with van der Waals surface area (Å²) in [6.07, 6.45) is 3.15. The lowest BCUT2D eigenvalue weighted by molar-refractivity contribution is -0.130. The Hall–Kier alpha value is -2.69. The molecule has 0 bridgehead atoms. The number of nitrogens with two attached hydrogens (primary N) is 1. The van der Waals surface area contributed by atoms with E-state index >= 15 is 0 Å². The third kappa shape index (κ3) is 16.7. The van der Waals surface area contributed by atoms with Gasteiger partial charge >= 0.3 is 0 Å². The van der Waals surface area contributed by atoms with E-state index in [9.17, 15) is 9.59 Å². The number of nitrogens with one attached hydrogen (secondary N) is 2. The number of aliphatic hydroxyl groups is 1. The molecule has 10 heteroatoms. The Morgan fingerprint density at radius 3 is 2.37 bits per heavy atom. The van der Waals surface area contributed by atoms with Gasteiger partial charge in [0, 0.05) is 50.8 Å². The topological polar surface area (TPSA) is 132 Å². The highest BCUT2D eigenvalue weighted by atomic mass is 35.5. The van der Waals surface area contributed by atoms with Crippen molar-refractivity contribution in [2.24, 2.45) is 11.7 Å². The second-order valence-corrected chi connectivity index (χ2v) is 11.0. The van der Waals surface area contributed by atoms with Crippen LogP contribution in [0.2, 0.25) is 5.02 Å². The predicted octanol–water partition coefficient (Wildman–Crippen LogP) is 4.92. The van der Waals surface area contributed by atoms with E-state index in [4.69, 9.17) is 36.7 Å². The molecule has 5 N–H and O–H groups in total. The molecule has 43 heavy (non-hydrogen) atoms. The fraction of sp³-hybridized carbons (Fsp3) is 0.576. The molecule has 2 rings (SSSR count). The quantitative estimate of drug-likeness (QED) is 0.164. The molecule has 0 aromatic heterocycles. The summed E-state index contributed by atoms with van der Waals surface area (Å²) in [6.45, 7) is 10.4. The number of rotatable bonds is 19. The van der Waals surface area contributed by atoms with Crippen LogP contribution >= 0.6 is 11.6 Å². The Labute approximate surface area is 262 Å². The van der Waals surface area contributed by atoms with Crippen LogP contribution in [0.15, 0.2) is 42.5 Å². The maximum atomic E-state index is 12.9. The standard InChI is InChI=1S/C31H46ClN3O5.C2H6O/c1-5-22(2)30(31(37)34-19-24-12-14-26(32)15-13-24)35-29(36)9-6-8-27(33)21-39-20-25-11-10-23(3)28(18-25)40-17-7-16-38-4;1-2-3/h10-15,18,22,27,30H,5-9,16-17,19-21,33H2,1-4H3,(H,34,37)(H,35,36);3H,2H2,1H3. The first kappa shape index (κ1) is 38.3. The number of methoxy groups -OCH3 is 1. The lowest BCUT2D eigenvalue weighted by Crippen LogP contribution is -2.50. The normalized spacial score (nSPS) is 12.8. The number of carbonyl (C=O) groups is 2. The SMILES string of the molecule is CCC(C)C(NC(=O)CCCC(N)COCc1ccc(C)c(OCCCOC)c1)C(=O)NCc1ccc(Cl)cc1.CCO. The zero-order valence-corrected chi connectivity index (χ0v) is 27.3. The van der Waals surface area contributed by atoms with Crippen molar-refractivity contribution in [2.75, 3.05) is 33.5 Å². The predicted molar refractivity (Wildman–Crippen MR) is 172 cm³/mol. The number of aryl methyl sites for hydroxylation is 1. The van der Waals surface area contributed by atoms with E-state index in [0.29, 0.717) is 57.3 Å². The van der Waals surface area contributed by atoms with Gasteiger partial charge in [0.05, 0.1) is 19.8 Å². The van der Waals surface area contributed by atoms with Crippen molar-refractivity contribution in [3.63, 3.8) is 0 Å². The number of hydrogen-bond acceptors (Lipinski definition) is 7. The van der Waals surface area contributed by atoms with Crippen molar-refractivity contribution in [1.82, 2.24) is 10.6 Å². The van der Waals surface area contributed by atoms with Crippen LogP contribution in [0.3, 0.4) is 0 Å². The third-order valence-corrected chi connectivity index (χ3v) is 7.03.